The molecule has 3 atom stereocenters. The average molecular weight is 379 g/mol. The molecule has 2 aromatic carbocycles. The molecule has 0 aromatic heterocycles. The molecule has 1 unspecified atom stereocenters. The van der Waals surface area contributed by atoms with Crippen molar-refractivity contribution in [2.24, 2.45) is 11.7 Å². The normalized spacial score (nSPS) is 20.8. The molecule has 0 aliphatic carbocycles. The highest BCUT2D eigenvalue weighted by atomic mass is 35.5. The van der Waals surface area contributed by atoms with Crippen LogP contribution in [0.25, 0.3) is 0 Å². The average Bonchev–Trinajstić information content (AvgIpc) is 3.05. The van der Waals surface area contributed by atoms with Gasteiger partial charge in [-0.3, -0.25) is 4.79 Å². The van der Waals surface area contributed by atoms with E-state index in [1.807, 2.05) is 54.3 Å². The van der Waals surface area contributed by atoms with Gasteiger partial charge in [0.05, 0.1) is 5.92 Å². The Bertz CT molecular complexity index is 708. The van der Waals surface area contributed by atoms with Gasteiger partial charge < -0.3 is 10.6 Å². The van der Waals surface area contributed by atoms with Crippen molar-refractivity contribution >= 4 is 29.9 Å². The highest BCUT2D eigenvalue weighted by molar-refractivity contribution is 6.30. The van der Waals surface area contributed by atoms with Gasteiger partial charge in [-0.25, -0.2) is 0 Å². The Morgan fingerprint density at radius 3 is 2.56 bits per heavy atom. The maximum absolute atomic E-state index is 12.9. The quantitative estimate of drug-likeness (QED) is 0.871. The number of amides is 1. The summed E-state index contributed by atoms with van der Waals surface area (Å²) in [6.45, 7) is 3.99. The molecule has 134 valence electrons. The van der Waals surface area contributed by atoms with Crippen LogP contribution in [0.4, 0.5) is 0 Å². The van der Waals surface area contributed by atoms with E-state index in [1.54, 1.807) is 0 Å². The van der Waals surface area contributed by atoms with Crippen LogP contribution in [0.1, 0.15) is 29.9 Å². The number of hydrogen-bond donors (Lipinski definition) is 1. The number of benzene rings is 2. The Hall–Kier alpha value is -1.55. The molecule has 3 nitrogen and oxygen atoms in total. The summed E-state index contributed by atoms with van der Waals surface area (Å²) in [6.07, 6.45) is 0. The Morgan fingerprint density at radius 2 is 1.92 bits per heavy atom. The lowest BCUT2D eigenvalue weighted by Crippen LogP contribution is -2.33. The van der Waals surface area contributed by atoms with Crippen molar-refractivity contribution in [2.75, 3.05) is 19.6 Å². The largest absolute Gasteiger partial charge is 0.341 e. The third-order valence-electron chi connectivity index (χ3n) is 5.00. The Labute approximate surface area is 160 Å². The van der Waals surface area contributed by atoms with E-state index in [4.69, 9.17) is 17.3 Å². The number of halogens is 2. The van der Waals surface area contributed by atoms with E-state index >= 15 is 0 Å². The zero-order valence-electron chi connectivity index (χ0n) is 14.3. The van der Waals surface area contributed by atoms with Gasteiger partial charge in [0.25, 0.3) is 0 Å². The Kier molecular flexibility index (Phi) is 6.88. The van der Waals surface area contributed by atoms with Gasteiger partial charge in [-0.05, 0) is 42.6 Å². The smallest absolute Gasteiger partial charge is 0.229 e. The zero-order chi connectivity index (χ0) is 17.1. The van der Waals surface area contributed by atoms with Crippen molar-refractivity contribution in [3.8, 4) is 0 Å². The molecule has 1 heterocycles. The molecule has 2 N–H and O–H groups in total. The molecule has 5 heteroatoms. The highest BCUT2D eigenvalue weighted by Crippen LogP contribution is 2.34. The maximum atomic E-state index is 12.9. The van der Waals surface area contributed by atoms with E-state index in [-0.39, 0.29) is 24.2 Å². The van der Waals surface area contributed by atoms with E-state index < -0.39 is 0 Å². The first-order chi connectivity index (χ1) is 11.6. The molecular formula is C20H24Cl2N2O. The molecule has 1 aliphatic heterocycles. The van der Waals surface area contributed by atoms with Gasteiger partial charge in [0.2, 0.25) is 5.91 Å². The molecule has 1 aliphatic rings. The zero-order valence-corrected chi connectivity index (χ0v) is 15.8. The molecular weight excluding hydrogens is 355 g/mol. The molecule has 25 heavy (non-hydrogen) atoms. The number of likely N-dealkylation sites (tertiary alicyclic amines) is 1. The summed E-state index contributed by atoms with van der Waals surface area (Å²) in [7, 11) is 0. The fourth-order valence-electron chi connectivity index (χ4n) is 3.56. The van der Waals surface area contributed by atoms with E-state index in [0.717, 1.165) is 18.7 Å². The predicted octanol–water partition coefficient (Wildman–Crippen LogP) is 4.07. The lowest BCUT2D eigenvalue weighted by atomic mass is 9.89. The molecule has 1 amide bonds. The monoisotopic (exact) mass is 378 g/mol. The Morgan fingerprint density at radius 1 is 1.20 bits per heavy atom. The summed E-state index contributed by atoms with van der Waals surface area (Å²) in [5.41, 5.74) is 8.20. The standard InChI is InChI=1S/C20H23ClN2O.ClH/c1-14(16-8-5-9-18(21)10-16)20(24)23-12-17(11-22)19(13-23)15-6-3-2-4-7-15;/h2-10,14,17,19H,11-13,22H2,1H3;1H/t14?,17-,19+;/m1./s1. The summed E-state index contributed by atoms with van der Waals surface area (Å²) >= 11 is 6.06. The van der Waals surface area contributed by atoms with Crippen molar-refractivity contribution in [3.63, 3.8) is 0 Å². The van der Waals surface area contributed by atoms with Crippen LogP contribution in [0, 0.1) is 5.92 Å². The lowest BCUT2D eigenvalue weighted by Gasteiger charge is -2.21. The third kappa shape index (κ3) is 4.35. The highest BCUT2D eigenvalue weighted by Gasteiger charge is 2.36. The van der Waals surface area contributed by atoms with E-state index in [0.29, 0.717) is 23.4 Å². The number of hydrogen-bond acceptors (Lipinski definition) is 2. The van der Waals surface area contributed by atoms with Crippen molar-refractivity contribution in [1.29, 1.82) is 0 Å². The van der Waals surface area contributed by atoms with Crippen LogP contribution in [-0.2, 0) is 4.79 Å². The van der Waals surface area contributed by atoms with Gasteiger partial charge in [0.1, 0.15) is 0 Å². The predicted molar refractivity (Wildman–Crippen MR) is 105 cm³/mol. The first-order valence-electron chi connectivity index (χ1n) is 8.39. The van der Waals surface area contributed by atoms with Gasteiger partial charge in [-0.1, -0.05) is 54.1 Å². The second-order valence-corrected chi connectivity index (χ2v) is 6.97. The number of rotatable bonds is 4. The number of nitrogens with two attached hydrogens (primary N) is 1. The summed E-state index contributed by atoms with van der Waals surface area (Å²) < 4.78 is 0. The molecule has 1 saturated heterocycles. The van der Waals surface area contributed by atoms with Crippen molar-refractivity contribution in [2.45, 2.75) is 18.8 Å². The minimum atomic E-state index is -0.198. The van der Waals surface area contributed by atoms with Crippen molar-refractivity contribution in [3.05, 3.63) is 70.7 Å². The fourth-order valence-corrected chi connectivity index (χ4v) is 3.76. The van der Waals surface area contributed by atoms with Crippen LogP contribution in [0.15, 0.2) is 54.6 Å². The van der Waals surface area contributed by atoms with Crippen LogP contribution in [0.5, 0.6) is 0 Å². The van der Waals surface area contributed by atoms with E-state index in [9.17, 15) is 4.79 Å². The first kappa shape index (κ1) is 19.8. The molecule has 0 bridgehead atoms. The van der Waals surface area contributed by atoms with Crippen molar-refractivity contribution in [1.82, 2.24) is 4.90 Å². The number of carbonyl (C=O) groups is 1. The van der Waals surface area contributed by atoms with Gasteiger partial charge in [-0.15, -0.1) is 12.4 Å². The summed E-state index contributed by atoms with van der Waals surface area (Å²) in [5, 5.41) is 0.663. The minimum Gasteiger partial charge on any atom is -0.341 e. The second kappa shape index (κ2) is 8.70. The molecule has 2 aromatic rings. The van der Waals surface area contributed by atoms with Crippen LogP contribution in [0.2, 0.25) is 5.02 Å². The number of nitrogens with zero attached hydrogens (tertiary/aromatic N) is 1. The lowest BCUT2D eigenvalue weighted by molar-refractivity contribution is -0.131. The fraction of sp³-hybridized carbons (Fsp3) is 0.350. The summed E-state index contributed by atoms with van der Waals surface area (Å²) in [4.78, 5) is 14.9. The van der Waals surface area contributed by atoms with Crippen molar-refractivity contribution < 1.29 is 4.79 Å². The molecule has 0 radical (unpaired) electrons. The number of carbonyl (C=O) groups excluding carboxylic acids is 1. The third-order valence-corrected chi connectivity index (χ3v) is 5.24. The summed E-state index contributed by atoms with van der Waals surface area (Å²) in [5.74, 6) is 0.570. The van der Waals surface area contributed by atoms with Gasteiger partial charge in [-0.2, -0.15) is 0 Å². The minimum absolute atomic E-state index is 0. The second-order valence-electron chi connectivity index (χ2n) is 6.53. The molecule has 0 saturated carbocycles. The van der Waals surface area contributed by atoms with Gasteiger partial charge >= 0.3 is 0 Å². The molecule has 1 fully saturated rings. The van der Waals surface area contributed by atoms with Gasteiger partial charge in [0, 0.05) is 24.0 Å². The van der Waals surface area contributed by atoms with Gasteiger partial charge in [0.15, 0.2) is 0 Å². The molecule has 0 spiro atoms. The molecule has 3 rings (SSSR count). The Balaban J connectivity index is 0.00000225. The van der Waals surface area contributed by atoms with Crippen LogP contribution >= 0.6 is 24.0 Å². The first-order valence-corrected chi connectivity index (χ1v) is 8.77. The topological polar surface area (TPSA) is 46.3 Å². The van der Waals surface area contributed by atoms with E-state index in [1.165, 1.54) is 5.56 Å². The SMILES string of the molecule is CC(C(=O)N1C[C@@H](CN)[C@H](c2ccccc2)C1)c1cccc(Cl)c1.Cl. The summed E-state index contributed by atoms with van der Waals surface area (Å²) in [6, 6.07) is 17.9. The van der Waals surface area contributed by atoms with Crippen LogP contribution < -0.4 is 5.73 Å². The van der Waals surface area contributed by atoms with Crippen LogP contribution in [-0.4, -0.2) is 30.4 Å². The maximum Gasteiger partial charge on any atom is 0.229 e. The van der Waals surface area contributed by atoms with Crippen LogP contribution in [0.3, 0.4) is 0 Å². The van der Waals surface area contributed by atoms with E-state index in [2.05, 4.69) is 12.1 Å².